The van der Waals surface area contributed by atoms with Gasteiger partial charge in [0.2, 0.25) is 0 Å². The van der Waals surface area contributed by atoms with Gasteiger partial charge in [-0.1, -0.05) is 12.1 Å². The molecule has 0 aliphatic rings. The normalized spacial score (nSPS) is 11.1. The van der Waals surface area contributed by atoms with Crippen LogP contribution in [0.5, 0.6) is 0 Å². The highest BCUT2D eigenvalue weighted by molar-refractivity contribution is 5.97. The highest BCUT2D eigenvalue weighted by Crippen LogP contribution is 2.24. The van der Waals surface area contributed by atoms with Gasteiger partial charge in [0.05, 0.1) is 0 Å². The molecule has 0 aliphatic heterocycles. The summed E-state index contributed by atoms with van der Waals surface area (Å²) in [6.07, 6.45) is 5.60. The lowest BCUT2D eigenvalue weighted by Gasteiger charge is -2.18. The van der Waals surface area contributed by atoms with Gasteiger partial charge in [-0.15, -0.1) is 0 Å². The topological polar surface area (TPSA) is 61.9 Å². The lowest BCUT2D eigenvalue weighted by Crippen LogP contribution is -2.30. The Labute approximate surface area is 174 Å². The molecule has 0 saturated heterocycles. The van der Waals surface area contributed by atoms with Crippen LogP contribution in [0.25, 0.3) is 22.2 Å². The van der Waals surface area contributed by atoms with E-state index in [0.717, 1.165) is 27.6 Å². The minimum atomic E-state index is -0.273. The lowest BCUT2D eigenvalue weighted by molar-refractivity contribution is 0.0791. The van der Waals surface area contributed by atoms with Gasteiger partial charge in [0.15, 0.2) is 5.69 Å². The molecule has 0 spiro atoms. The molecule has 0 bridgehead atoms. The largest absolute Gasteiger partial charge is 0.361 e. The van der Waals surface area contributed by atoms with Crippen molar-refractivity contribution in [2.24, 2.45) is 0 Å². The Morgan fingerprint density at radius 1 is 1.07 bits per heavy atom. The zero-order valence-corrected chi connectivity index (χ0v) is 17.2. The summed E-state index contributed by atoms with van der Waals surface area (Å²) in [7, 11) is 1.75. The van der Waals surface area contributed by atoms with E-state index in [1.165, 1.54) is 23.9 Å². The number of H-pyrrole nitrogens is 1. The van der Waals surface area contributed by atoms with Crippen molar-refractivity contribution in [2.75, 3.05) is 13.6 Å². The summed E-state index contributed by atoms with van der Waals surface area (Å²) in [4.78, 5) is 26.7. The van der Waals surface area contributed by atoms with Gasteiger partial charge in [-0.25, -0.2) is 9.37 Å². The van der Waals surface area contributed by atoms with E-state index in [4.69, 9.17) is 0 Å². The molecule has 152 valence electrons. The number of nitrogens with one attached hydrogen (secondary N) is 1. The molecule has 5 nitrogen and oxygen atoms in total. The zero-order valence-electron chi connectivity index (χ0n) is 17.2. The van der Waals surface area contributed by atoms with E-state index < -0.39 is 0 Å². The fraction of sp³-hybridized carbons (Fsp3) is 0.208. The first kappa shape index (κ1) is 19.8. The maximum absolute atomic E-state index is 13.6. The second kappa shape index (κ2) is 8.06. The van der Waals surface area contributed by atoms with Gasteiger partial charge in [0.1, 0.15) is 11.5 Å². The monoisotopic (exact) mass is 402 g/mol. The maximum atomic E-state index is 13.6. The first-order valence-corrected chi connectivity index (χ1v) is 9.83. The van der Waals surface area contributed by atoms with Gasteiger partial charge < -0.3 is 9.88 Å². The number of amides is 1. The van der Waals surface area contributed by atoms with Crippen LogP contribution in [0.3, 0.4) is 0 Å². The van der Waals surface area contributed by atoms with Crippen molar-refractivity contribution in [1.82, 2.24) is 19.9 Å². The number of aromatic amines is 1. The number of aromatic nitrogens is 3. The molecule has 2 aromatic carbocycles. The Hall–Kier alpha value is -3.54. The predicted octanol–water partition coefficient (Wildman–Crippen LogP) is 4.70. The molecule has 0 radical (unpaired) electrons. The summed E-state index contributed by atoms with van der Waals surface area (Å²) in [6, 6.07) is 10.7. The number of likely N-dealkylation sites (N-methyl/N-ethyl adjacent to an activating group) is 1. The van der Waals surface area contributed by atoms with Crippen molar-refractivity contribution < 1.29 is 9.18 Å². The highest BCUT2D eigenvalue weighted by atomic mass is 19.1. The molecule has 0 saturated carbocycles. The average molecular weight is 402 g/mol. The number of aryl methyl sites for hydroxylation is 2. The first-order chi connectivity index (χ1) is 14.4. The van der Waals surface area contributed by atoms with Gasteiger partial charge in [-0.05, 0) is 61.2 Å². The number of fused-ring (bicyclic) bond motifs is 1. The molecule has 4 aromatic rings. The lowest BCUT2D eigenvalue weighted by atomic mass is 10.0. The SMILES string of the molecule is Cc1ccc(-c2nccnc2C(=O)N(C)CCc2c[nH]c3ccc(F)cc23)cc1C. The third-order valence-electron chi connectivity index (χ3n) is 5.47. The van der Waals surface area contributed by atoms with Crippen LogP contribution in [0.4, 0.5) is 4.39 Å². The molecule has 2 aromatic heterocycles. The van der Waals surface area contributed by atoms with Gasteiger partial charge in [-0.2, -0.15) is 0 Å². The van der Waals surface area contributed by atoms with Gasteiger partial charge >= 0.3 is 0 Å². The summed E-state index contributed by atoms with van der Waals surface area (Å²) in [6.45, 7) is 4.56. The van der Waals surface area contributed by atoms with E-state index in [-0.39, 0.29) is 11.7 Å². The Morgan fingerprint density at radius 3 is 2.67 bits per heavy atom. The highest BCUT2D eigenvalue weighted by Gasteiger charge is 2.20. The van der Waals surface area contributed by atoms with Crippen molar-refractivity contribution >= 4 is 16.8 Å². The van der Waals surface area contributed by atoms with Crippen molar-refractivity contribution in [3.05, 3.63) is 83.2 Å². The number of carbonyl (C=O) groups is 1. The summed E-state index contributed by atoms with van der Waals surface area (Å²) < 4.78 is 13.6. The summed E-state index contributed by atoms with van der Waals surface area (Å²) in [5.41, 5.74) is 5.94. The van der Waals surface area contributed by atoms with Crippen LogP contribution in [0.15, 0.2) is 55.0 Å². The molecular weight excluding hydrogens is 379 g/mol. The minimum Gasteiger partial charge on any atom is -0.361 e. The van der Waals surface area contributed by atoms with Crippen molar-refractivity contribution in [3.63, 3.8) is 0 Å². The number of halogens is 1. The van der Waals surface area contributed by atoms with E-state index in [2.05, 4.69) is 15.0 Å². The quantitative estimate of drug-likeness (QED) is 0.527. The number of carbonyl (C=O) groups excluding carboxylic acids is 1. The molecular formula is C24H23FN4O. The Morgan fingerprint density at radius 2 is 1.87 bits per heavy atom. The third kappa shape index (κ3) is 3.81. The van der Waals surface area contributed by atoms with Crippen LogP contribution in [-0.2, 0) is 6.42 Å². The van der Waals surface area contributed by atoms with Crippen LogP contribution >= 0.6 is 0 Å². The van der Waals surface area contributed by atoms with Crippen LogP contribution in [-0.4, -0.2) is 39.4 Å². The molecule has 0 atom stereocenters. The van der Waals surface area contributed by atoms with Crippen LogP contribution < -0.4 is 0 Å². The summed E-state index contributed by atoms with van der Waals surface area (Å²) in [5.74, 6) is -0.465. The van der Waals surface area contributed by atoms with E-state index in [0.29, 0.717) is 24.4 Å². The molecule has 30 heavy (non-hydrogen) atoms. The number of benzene rings is 2. The number of nitrogens with zero attached hydrogens (tertiary/aromatic N) is 3. The third-order valence-corrected chi connectivity index (χ3v) is 5.47. The van der Waals surface area contributed by atoms with Crippen LogP contribution in [0.2, 0.25) is 0 Å². The Kier molecular flexibility index (Phi) is 5.31. The van der Waals surface area contributed by atoms with E-state index in [9.17, 15) is 9.18 Å². The van der Waals surface area contributed by atoms with Crippen molar-refractivity contribution in [3.8, 4) is 11.3 Å². The standard InChI is InChI=1S/C24H23FN4O/c1-15-4-5-17(12-16(15)2)22-23(27-10-9-26-22)24(30)29(3)11-8-18-14-28-21-7-6-19(25)13-20(18)21/h4-7,9-10,12-14,28H,8,11H2,1-3H3. The van der Waals surface area contributed by atoms with Crippen LogP contribution in [0.1, 0.15) is 27.2 Å². The Balaban J connectivity index is 1.55. The Bertz CT molecular complexity index is 1230. The number of rotatable bonds is 5. The predicted molar refractivity (Wildman–Crippen MR) is 116 cm³/mol. The molecule has 0 unspecified atom stereocenters. The number of hydrogen-bond donors (Lipinski definition) is 1. The molecule has 4 rings (SSSR count). The summed E-state index contributed by atoms with van der Waals surface area (Å²) >= 11 is 0. The maximum Gasteiger partial charge on any atom is 0.274 e. The van der Waals surface area contributed by atoms with Crippen molar-refractivity contribution in [2.45, 2.75) is 20.3 Å². The first-order valence-electron chi connectivity index (χ1n) is 9.83. The van der Waals surface area contributed by atoms with E-state index >= 15 is 0 Å². The fourth-order valence-electron chi connectivity index (χ4n) is 3.52. The fourth-order valence-corrected chi connectivity index (χ4v) is 3.52. The number of hydrogen-bond acceptors (Lipinski definition) is 3. The molecule has 0 aliphatic carbocycles. The van der Waals surface area contributed by atoms with Crippen LogP contribution in [0, 0.1) is 19.7 Å². The van der Waals surface area contributed by atoms with Crippen molar-refractivity contribution in [1.29, 1.82) is 0 Å². The van der Waals surface area contributed by atoms with Gasteiger partial charge in [0.25, 0.3) is 5.91 Å². The van der Waals surface area contributed by atoms with Gasteiger partial charge in [-0.3, -0.25) is 9.78 Å². The minimum absolute atomic E-state index is 0.192. The molecule has 0 fully saturated rings. The summed E-state index contributed by atoms with van der Waals surface area (Å²) in [5, 5.41) is 0.839. The molecule has 6 heteroatoms. The van der Waals surface area contributed by atoms with Gasteiger partial charge in [0, 0.05) is 48.6 Å². The zero-order chi connectivity index (χ0) is 21.3. The molecule has 2 heterocycles. The smallest absolute Gasteiger partial charge is 0.274 e. The second-order valence-corrected chi connectivity index (χ2v) is 7.53. The second-order valence-electron chi connectivity index (χ2n) is 7.53. The average Bonchev–Trinajstić information content (AvgIpc) is 3.15. The molecule has 1 amide bonds. The van der Waals surface area contributed by atoms with E-state index in [1.54, 1.807) is 24.2 Å². The van der Waals surface area contributed by atoms with E-state index in [1.807, 2.05) is 38.2 Å². The molecule has 1 N–H and O–H groups in total.